The second kappa shape index (κ2) is 9.37. The van der Waals surface area contributed by atoms with Crippen LogP contribution in [0.4, 0.5) is 11.1 Å². The lowest BCUT2D eigenvalue weighted by atomic mass is 9.81. The molecule has 2 saturated heterocycles. The minimum atomic E-state index is -3.54. The van der Waals surface area contributed by atoms with Crippen molar-refractivity contribution >= 4 is 54.4 Å². The number of sulfonamides is 1. The SMILES string of the molecule is CSc1cnc(NC2CC[C@H](Nc3nc4ccc(S(=O)(=O)N5CCC6(CNC6)C5)cc4s3)[C@@H]2O)nc1. The summed E-state index contributed by atoms with van der Waals surface area (Å²) in [5.74, 6) is 0.503. The minimum Gasteiger partial charge on any atom is -0.389 e. The lowest BCUT2D eigenvalue weighted by Gasteiger charge is -2.39. The highest BCUT2D eigenvalue weighted by molar-refractivity contribution is 7.98. The van der Waals surface area contributed by atoms with Gasteiger partial charge in [-0.25, -0.2) is 23.4 Å². The van der Waals surface area contributed by atoms with Gasteiger partial charge in [0.15, 0.2) is 5.13 Å². The lowest BCUT2D eigenvalue weighted by molar-refractivity contribution is 0.161. The Labute approximate surface area is 218 Å². The summed E-state index contributed by atoms with van der Waals surface area (Å²) in [4.78, 5) is 14.6. The normalized spacial score (nSPS) is 25.9. The van der Waals surface area contributed by atoms with E-state index in [1.54, 1.807) is 46.7 Å². The Hall–Kier alpha value is -2.03. The van der Waals surface area contributed by atoms with Crippen LogP contribution in [0.3, 0.4) is 0 Å². The number of rotatable bonds is 7. The lowest BCUT2D eigenvalue weighted by Crippen LogP contribution is -2.55. The van der Waals surface area contributed by atoms with Gasteiger partial charge >= 0.3 is 0 Å². The number of aliphatic hydroxyl groups excluding tert-OH is 1. The first-order chi connectivity index (χ1) is 17.3. The van der Waals surface area contributed by atoms with Gasteiger partial charge in [-0.1, -0.05) is 11.3 Å². The summed E-state index contributed by atoms with van der Waals surface area (Å²) in [5.41, 5.74) is 0.851. The number of thioether (sulfide) groups is 1. The molecule has 3 atom stereocenters. The molecule has 0 radical (unpaired) electrons. The molecule has 2 aliphatic heterocycles. The van der Waals surface area contributed by atoms with E-state index in [9.17, 15) is 13.5 Å². The van der Waals surface area contributed by atoms with Crippen LogP contribution in [0, 0.1) is 5.41 Å². The summed E-state index contributed by atoms with van der Waals surface area (Å²) in [6.45, 7) is 2.93. The predicted molar refractivity (Wildman–Crippen MR) is 142 cm³/mol. The monoisotopic (exact) mass is 547 g/mol. The maximum Gasteiger partial charge on any atom is 0.243 e. The molecule has 13 heteroatoms. The van der Waals surface area contributed by atoms with Crippen molar-refractivity contribution in [1.82, 2.24) is 24.6 Å². The molecule has 1 aliphatic carbocycles. The van der Waals surface area contributed by atoms with E-state index in [2.05, 4.69) is 30.9 Å². The van der Waals surface area contributed by atoms with E-state index in [0.717, 1.165) is 47.5 Å². The van der Waals surface area contributed by atoms with Gasteiger partial charge in [0, 0.05) is 48.9 Å². The largest absolute Gasteiger partial charge is 0.389 e. The average Bonchev–Trinajstić information content (AvgIpc) is 3.57. The Morgan fingerprint density at radius 2 is 1.94 bits per heavy atom. The van der Waals surface area contributed by atoms with Gasteiger partial charge in [0.05, 0.1) is 33.3 Å². The molecule has 3 aromatic rings. The first-order valence-corrected chi connectivity index (χ1v) is 15.5. The van der Waals surface area contributed by atoms with Crippen LogP contribution in [-0.4, -0.2) is 83.4 Å². The fourth-order valence-corrected chi connectivity index (χ4v) is 8.20. The summed E-state index contributed by atoms with van der Waals surface area (Å²) in [7, 11) is -3.54. The molecule has 2 aromatic heterocycles. The molecule has 0 bridgehead atoms. The molecular formula is C23H29N7O3S3. The standard InChI is InChI=1S/C23H29N7O3S3/c1-34-14-9-25-21(26-10-14)27-17-4-5-18(20(17)31)29-22-28-16-3-2-15(8-19(16)35-22)36(32,33)30-7-6-23(13-30)11-24-12-23/h2-3,8-10,17-18,20,24,31H,4-7,11-13H2,1H3,(H,28,29)(H,25,26,27)/t17?,18-,20+/m0/s1. The van der Waals surface area contributed by atoms with Crippen molar-refractivity contribution in [3.8, 4) is 0 Å². The first-order valence-electron chi connectivity index (χ1n) is 12.0. The number of aliphatic hydroxyl groups is 1. The summed E-state index contributed by atoms with van der Waals surface area (Å²) in [6.07, 6.45) is 7.30. The smallest absolute Gasteiger partial charge is 0.243 e. The van der Waals surface area contributed by atoms with Crippen molar-refractivity contribution in [2.45, 2.75) is 47.2 Å². The van der Waals surface area contributed by atoms with Crippen molar-refractivity contribution in [3.63, 3.8) is 0 Å². The highest BCUT2D eigenvalue weighted by Crippen LogP contribution is 2.38. The molecular weight excluding hydrogens is 519 g/mol. The van der Waals surface area contributed by atoms with E-state index in [1.807, 2.05) is 6.26 Å². The second-order valence-electron chi connectivity index (χ2n) is 9.86. The third-order valence-electron chi connectivity index (χ3n) is 7.50. The highest BCUT2D eigenvalue weighted by atomic mass is 32.2. The molecule has 10 nitrogen and oxygen atoms in total. The Kier molecular flexibility index (Phi) is 6.33. The first kappa shape index (κ1) is 24.3. The second-order valence-corrected chi connectivity index (χ2v) is 13.7. The van der Waals surface area contributed by atoms with E-state index in [0.29, 0.717) is 29.1 Å². The van der Waals surface area contributed by atoms with Crippen LogP contribution in [0.2, 0.25) is 0 Å². The molecule has 36 heavy (non-hydrogen) atoms. The van der Waals surface area contributed by atoms with Crippen LogP contribution in [-0.2, 0) is 10.0 Å². The fourth-order valence-electron chi connectivity index (χ4n) is 5.26. The van der Waals surface area contributed by atoms with Gasteiger partial charge in [0.2, 0.25) is 16.0 Å². The number of hydrogen-bond donors (Lipinski definition) is 4. The van der Waals surface area contributed by atoms with E-state index in [4.69, 9.17) is 0 Å². The number of anilines is 2. The number of fused-ring (bicyclic) bond motifs is 1. The van der Waals surface area contributed by atoms with E-state index in [-0.39, 0.29) is 17.5 Å². The summed E-state index contributed by atoms with van der Waals surface area (Å²) in [6, 6.07) is 4.81. The van der Waals surface area contributed by atoms with Gasteiger partial charge in [0.1, 0.15) is 0 Å². The maximum atomic E-state index is 13.3. The molecule has 6 rings (SSSR count). The van der Waals surface area contributed by atoms with Crippen LogP contribution >= 0.6 is 23.1 Å². The van der Waals surface area contributed by atoms with Gasteiger partial charge < -0.3 is 21.1 Å². The van der Waals surface area contributed by atoms with Gasteiger partial charge in [-0.3, -0.25) is 0 Å². The van der Waals surface area contributed by atoms with Gasteiger partial charge in [-0.2, -0.15) is 4.31 Å². The average molecular weight is 548 g/mol. The van der Waals surface area contributed by atoms with Crippen molar-refractivity contribution < 1.29 is 13.5 Å². The molecule has 1 saturated carbocycles. The van der Waals surface area contributed by atoms with Crippen LogP contribution in [0.5, 0.6) is 0 Å². The van der Waals surface area contributed by atoms with Gasteiger partial charge in [-0.15, -0.1) is 11.8 Å². The number of nitrogens with one attached hydrogen (secondary N) is 3. The van der Waals surface area contributed by atoms with Crippen molar-refractivity contribution in [3.05, 3.63) is 30.6 Å². The van der Waals surface area contributed by atoms with Crippen molar-refractivity contribution in [2.24, 2.45) is 5.41 Å². The molecule has 4 heterocycles. The third kappa shape index (κ3) is 4.45. The Morgan fingerprint density at radius 3 is 2.61 bits per heavy atom. The predicted octanol–water partition coefficient (Wildman–Crippen LogP) is 2.21. The molecule has 1 aromatic carbocycles. The van der Waals surface area contributed by atoms with E-state index < -0.39 is 16.1 Å². The maximum absolute atomic E-state index is 13.3. The number of thiazole rings is 1. The number of nitrogens with zero attached hydrogens (tertiary/aromatic N) is 4. The molecule has 4 N–H and O–H groups in total. The van der Waals surface area contributed by atoms with Crippen LogP contribution in [0.25, 0.3) is 10.2 Å². The fraction of sp³-hybridized carbons (Fsp3) is 0.522. The minimum absolute atomic E-state index is 0.109. The van der Waals surface area contributed by atoms with Crippen molar-refractivity contribution in [1.29, 1.82) is 0 Å². The zero-order valence-electron chi connectivity index (χ0n) is 19.8. The third-order valence-corrected chi connectivity index (χ3v) is 11.0. The van der Waals surface area contributed by atoms with E-state index >= 15 is 0 Å². The van der Waals surface area contributed by atoms with Crippen LogP contribution < -0.4 is 16.0 Å². The van der Waals surface area contributed by atoms with Gasteiger partial charge in [-0.05, 0) is 43.7 Å². The number of benzene rings is 1. The molecule has 192 valence electrons. The van der Waals surface area contributed by atoms with Crippen LogP contribution in [0.1, 0.15) is 19.3 Å². The number of hydrogen-bond acceptors (Lipinski definition) is 11. The van der Waals surface area contributed by atoms with E-state index in [1.165, 1.54) is 11.3 Å². The highest BCUT2D eigenvalue weighted by Gasteiger charge is 2.46. The summed E-state index contributed by atoms with van der Waals surface area (Å²) in [5, 5.41) is 21.4. The molecule has 3 aliphatic rings. The Morgan fingerprint density at radius 1 is 1.19 bits per heavy atom. The molecule has 0 amide bonds. The zero-order valence-corrected chi connectivity index (χ0v) is 22.3. The quantitative estimate of drug-likeness (QED) is 0.326. The molecule has 3 fully saturated rings. The number of aromatic nitrogens is 3. The Balaban J connectivity index is 1.13. The molecule has 1 spiro atoms. The van der Waals surface area contributed by atoms with Gasteiger partial charge in [0.25, 0.3) is 0 Å². The summed E-state index contributed by atoms with van der Waals surface area (Å²) < 4.78 is 29.0. The zero-order chi connectivity index (χ0) is 24.9. The Bertz CT molecular complexity index is 1360. The summed E-state index contributed by atoms with van der Waals surface area (Å²) >= 11 is 2.99. The van der Waals surface area contributed by atoms with Crippen molar-refractivity contribution in [2.75, 3.05) is 43.1 Å². The van der Waals surface area contributed by atoms with Crippen LogP contribution in [0.15, 0.2) is 40.4 Å². The topological polar surface area (TPSA) is 132 Å². The molecule has 1 unspecified atom stereocenters.